The topological polar surface area (TPSA) is 143 Å². The molecular weight excluding hydrogens is 372 g/mol. The zero-order valence-electron chi connectivity index (χ0n) is 15.2. The maximum absolute atomic E-state index is 11.9. The zero-order valence-corrected chi connectivity index (χ0v) is 15.2. The average Bonchev–Trinajstić information content (AvgIpc) is 3.03. The van der Waals surface area contributed by atoms with Crippen LogP contribution in [0.2, 0.25) is 0 Å². The van der Waals surface area contributed by atoms with Gasteiger partial charge in [-0.3, -0.25) is 0 Å². The number of fused-ring (bicyclic) bond motifs is 2. The van der Waals surface area contributed by atoms with Gasteiger partial charge in [-0.05, 0) is 31.0 Å². The SMILES string of the molecule is Cc1coc2c(O[C@@H]3O[C@H](CO)[C@@H](O)[C@H](O)[C@H]3O)c3oc(=O)cc(C)c3cc12. The summed E-state index contributed by atoms with van der Waals surface area (Å²) >= 11 is 0. The molecule has 28 heavy (non-hydrogen) atoms. The Labute approximate surface area is 158 Å². The fourth-order valence-electron chi connectivity index (χ4n) is 3.41. The molecule has 0 spiro atoms. The molecule has 0 aliphatic carbocycles. The second kappa shape index (κ2) is 6.87. The van der Waals surface area contributed by atoms with Gasteiger partial charge in [-0.25, -0.2) is 4.79 Å². The van der Waals surface area contributed by atoms with Crippen molar-refractivity contribution in [1.82, 2.24) is 0 Å². The van der Waals surface area contributed by atoms with Crippen molar-refractivity contribution >= 4 is 21.9 Å². The molecule has 0 unspecified atom stereocenters. The monoisotopic (exact) mass is 392 g/mol. The summed E-state index contributed by atoms with van der Waals surface area (Å²) in [4.78, 5) is 11.9. The molecule has 1 aromatic carbocycles. The van der Waals surface area contributed by atoms with Crippen molar-refractivity contribution in [2.45, 2.75) is 44.6 Å². The quantitative estimate of drug-likeness (QED) is 0.464. The third kappa shape index (κ3) is 2.88. The molecule has 1 aliphatic heterocycles. The van der Waals surface area contributed by atoms with Crippen LogP contribution in [0.3, 0.4) is 0 Å². The van der Waals surface area contributed by atoms with E-state index in [1.54, 1.807) is 6.92 Å². The number of benzene rings is 1. The lowest BCUT2D eigenvalue weighted by Crippen LogP contribution is -2.60. The summed E-state index contributed by atoms with van der Waals surface area (Å²) in [6.07, 6.45) is -5.80. The van der Waals surface area contributed by atoms with Gasteiger partial charge in [0.25, 0.3) is 0 Å². The summed E-state index contributed by atoms with van der Waals surface area (Å²) < 4.78 is 22.1. The van der Waals surface area contributed by atoms with E-state index in [2.05, 4.69) is 0 Å². The van der Waals surface area contributed by atoms with Crippen LogP contribution in [0.4, 0.5) is 0 Å². The van der Waals surface area contributed by atoms with Crippen LogP contribution in [0.1, 0.15) is 11.1 Å². The van der Waals surface area contributed by atoms with Crippen molar-refractivity contribution in [3.05, 3.63) is 39.9 Å². The van der Waals surface area contributed by atoms with Crippen molar-refractivity contribution in [2.75, 3.05) is 6.61 Å². The molecule has 0 bridgehead atoms. The minimum Gasteiger partial charge on any atom is -0.460 e. The fraction of sp³-hybridized carbons (Fsp3) is 0.421. The van der Waals surface area contributed by atoms with Crippen LogP contribution in [0.15, 0.2) is 32.0 Å². The second-order valence-electron chi connectivity index (χ2n) is 6.94. The van der Waals surface area contributed by atoms with Crippen molar-refractivity contribution in [3.8, 4) is 5.75 Å². The average molecular weight is 392 g/mol. The van der Waals surface area contributed by atoms with Crippen LogP contribution in [-0.2, 0) is 4.74 Å². The predicted octanol–water partition coefficient (Wildman–Crippen LogP) is 0.335. The number of hydrogen-bond donors (Lipinski definition) is 4. The first-order chi connectivity index (χ1) is 13.3. The minimum absolute atomic E-state index is 0.0192. The third-order valence-corrected chi connectivity index (χ3v) is 5.01. The predicted molar refractivity (Wildman–Crippen MR) is 96.1 cm³/mol. The Morgan fingerprint density at radius 1 is 1.00 bits per heavy atom. The highest BCUT2D eigenvalue weighted by atomic mass is 16.7. The molecule has 0 radical (unpaired) electrons. The lowest BCUT2D eigenvalue weighted by Gasteiger charge is -2.39. The second-order valence-corrected chi connectivity index (χ2v) is 6.94. The van der Waals surface area contributed by atoms with Gasteiger partial charge < -0.3 is 38.7 Å². The number of furan rings is 1. The number of rotatable bonds is 3. The van der Waals surface area contributed by atoms with Gasteiger partial charge in [0.15, 0.2) is 11.2 Å². The highest BCUT2D eigenvalue weighted by Gasteiger charge is 2.45. The summed E-state index contributed by atoms with van der Waals surface area (Å²) in [5.74, 6) is 0.0192. The van der Waals surface area contributed by atoms with Crippen LogP contribution >= 0.6 is 0 Å². The molecule has 9 heteroatoms. The maximum Gasteiger partial charge on any atom is 0.336 e. The summed E-state index contributed by atoms with van der Waals surface area (Å²) in [6, 6.07) is 3.16. The highest BCUT2D eigenvalue weighted by Crippen LogP contribution is 2.39. The number of ether oxygens (including phenoxy) is 2. The first-order valence-electron chi connectivity index (χ1n) is 8.74. The number of aliphatic hydroxyl groups is 4. The first kappa shape index (κ1) is 18.9. The van der Waals surface area contributed by atoms with Gasteiger partial charge in [-0.2, -0.15) is 0 Å². The normalized spacial score (nSPS) is 28.1. The van der Waals surface area contributed by atoms with E-state index < -0.39 is 42.9 Å². The number of aliphatic hydroxyl groups excluding tert-OH is 4. The Morgan fingerprint density at radius 2 is 1.71 bits per heavy atom. The minimum atomic E-state index is -1.62. The first-order valence-corrected chi connectivity index (χ1v) is 8.74. The fourth-order valence-corrected chi connectivity index (χ4v) is 3.41. The standard InChI is InChI=1S/C19H20O9/c1-7-3-12(21)27-17-9(7)4-10-8(2)6-25-16(10)18(17)28-19-15(24)14(23)13(22)11(5-20)26-19/h3-4,6,11,13-15,19-20,22-24H,5H2,1-2H3/t11-,13-,14+,15-,19+/m1/s1. The van der Waals surface area contributed by atoms with Gasteiger partial charge in [-0.15, -0.1) is 0 Å². The van der Waals surface area contributed by atoms with Crippen molar-refractivity contribution in [2.24, 2.45) is 0 Å². The molecule has 4 N–H and O–H groups in total. The molecule has 3 aromatic rings. The summed E-state index contributed by atoms with van der Waals surface area (Å²) in [6.45, 7) is 2.99. The van der Waals surface area contributed by atoms with Gasteiger partial charge in [-0.1, -0.05) is 0 Å². The molecular formula is C19H20O9. The van der Waals surface area contributed by atoms with E-state index in [0.29, 0.717) is 16.3 Å². The van der Waals surface area contributed by atoms with Crippen LogP contribution in [0.25, 0.3) is 21.9 Å². The Morgan fingerprint density at radius 3 is 2.43 bits per heavy atom. The van der Waals surface area contributed by atoms with E-state index >= 15 is 0 Å². The van der Waals surface area contributed by atoms with Crippen LogP contribution in [0.5, 0.6) is 5.75 Å². The van der Waals surface area contributed by atoms with Gasteiger partial charge >= 0.3 is 5.63 Å². The number of aryl methyl sites for hydroxylation is 2. The lowest BCUT2D eigenvalue weighted by atomic mass is 9.99. The van der Waals surface area contributed by atoms with Crippen molar-refractivity contribution < 1.29 is 38.7 Å². The molecule has 9 nitrogen and oxygen atoms in total. The summed E-state index contributed by atoms with van der Waals surface area (Å²) in [7, 11) is 0. The largest absolute Gasteiger partial charge is 0.460 e. The maximum atomic E-state index is 11.9. The Hall–Kier alpha value is -2.43. The lowest BCUT2D eigenvalue weighted by molar-refractivity contribution is -0.277. The van der Waals surface area contributed by atoms with Crippen molar-refractivity contribution in [1.29, 1.82) is 0 Å². The van der Waals surface area contributed by atoms with Gasteiger partial charge in [0.05, 0.1) is 12.9 Å². The van der Waals surface area contributed by atoms with Crippen LogP contribution < -0.4 is 10.4 Å². The molecule has 1 fully saturated rings. The van der Waals surface area contributed by atoms with Gasteiger partial charge in [0, 0.05) is 16.8 Å². The van der Waals surface area contributed by atoms with E-state index in [4.69, 9.17) is 18.3 Å². The smallest absolute Gasteiger partial charge is 0.336 e. The van der Waals surface area contributed by atoms with Gasteiger partial charge in [0.2, 0.25) is 12.0 Å². The van der Waals surface area contributed by atoms with E-state index in [1.165, 1.54) is 12.3 Å². The summed E-state index contributed by atoms with van der Waals surface area (Å²) in [5, 5.41) is 40.9. The molecule has 4 rings (SSSR count). The van der Waals surface area contributed by atoms with E-state index in [-0.39, 0.29) is 16.9 Å². The molecule has 1 aliphatic rings. The third-order valence-electron chi connectivity index (χ3n) is 5.01. The molecule has 0 amide bonds. The highest BCUT2D eigenvalue weighted by molar-refractivity contribution is 6.02. The molecule has 3 heterocycles. The Balaban J connectivity index is 1.88. The Kier molecular flexibility index (Phi) is 4.64. The van der Waals surface area contributed by atoms with E-state index in [9.17, 15) is 25.2 Å². The van der Waals surface area contributed by atoms with E-state index in [0.717, 1.165) is 5.56 Å². The molecule has 2 aromatic heterocycles. The molecule has 150 valence electrons. The Bertz CT molecular complexity index is 1080. The summed E-state index contributed by atoms with van der Waals surface area (Å²) in [5.41, 5.74) is 1.26. The zero-order chi connectivity index (χ0) is 20.2. The molecule has 5 atom stereocenters. The van der Waals surface area contributed by atoms with Crippen molar-refractivity contribution in [3.63, 3.8) is 0 Å². The van der Waals surface area contributed by atoms with E-state index in [1.807, 2.05) is 13.0 Å². The van der Waals surface area contributed by atoms with Gasteiger partial charge in [0.1, 0.15) is 24.4 Å². The number of hydrogen-bond acceptors (Lipinski definition) is 9. The molecule has 1 saturated heterocycles. The molecule has 0 saturated carbocycles. The van der Waals surface area contributed by atoms with Crippen LogP contribution in [0, 0.1) is 13.8 Å². The van der Waals surface area contributed by atoms with Crippen LogP contribution in [-0.4, -0.2) is 57.7 Å².